The molecule has 3 heterocycles. The molecule has 7 rings (SSSR count). The van der Waals surface area contributed by atoms with Gasteiger partial charge in [-0.1, -0.05) is 109 Å². The molecule has 3 heteroatoms. The van der Waals surface area contributed by atoms with Crippen LogP contribution in [0, 0.1) is 0 Å². The zero-order chi connectivity index (χ0) is 30.6. The van der Waals surface area contributed by atoms with Crippen LogP contribution in [0.4, 0.5) is 0 Å². The first-order valence-electron chi connectivity index (χ1n) is 15.1. The highest BCUT2D eigenvalue weighted by Crippen LogP contribution is 2.39. The fraction of sp³-hybridized carbons (Fsp3) is 0.0476. The van der Waals surface area contributed by atoms with Gasteiger partial charge in [-0.25, -0.2) is 0 Å². The minimum atomic E-state index is 0.907. The highest BCUT2D eigenvalue weighted by Gasteiger charge is 2.10. The van der Waals surface area contributed by atoms with Gasteiger partial charge in [0, 0.05) is 29.3 Å². The van der Waals surface area contributed by atoms with Gasteiger partial charge in [-0.3, -0.25) is 0 Å². The molecule has 0 bridgehead atoms. The molecule has 0 aliphatic heterocycles. The molecule has 0 saturated carbocycles. The second-order valence-electron chi connectivity index (χ2n) is 11.0. The van der Waals surface area contributed by atoms with E-state index in [2.05, 4.69) is 147 Å². The van der Waals surface area contributed by atoms with Crippen molar-refractivity contribution in [2.24, 2.45) is 0 Å². The van der Waals surface area contributed by atoms with Crippen molar-refractivity contribution < 1.29 is 0 Å². The fourth-order valence-corrected chi connectivity index (χ4v) is 8.54. The summed E-state index contributed by atoms with van der Waals surface area (Å²) in [6.45, 7) is 7.68. The molecule has 45 heavy (non-hydrogen) atoms. The molecule has 0 aliphatic carbocycles. The topological polar surface area (TPSA) is 0 Å². The normalized spacial score (nSPS) is 11.0. The van der Waals surface area contributed by atoms with Gasteiger partial charge in [-0.05, 0) is 93.7 Å². The van der Waals surface area contributed by atoms with E-state index in [1.165, 1.54) is 73.8 Å². The number of hydrogen-bond donors (Lipinski definition) is 0. The van der Waals surface area contributed by atoms with E-state index in [0.717, 1.165) is 12.8 Å². The summed E-state index contributed by atoms with van der Waals surface area (Å²) in [7, 11) is 0. The van der Waals surface area contributed by atoms with Crippen LogP contribution in [0.5, 0.6) is 0 Å². The third-order valence-corrected chi connectivity index (χ3v) is 11.5. The quantitative estimate of drug-likeness (QED) is 0.132. The zero-order valence-corrected chi connectivity index (χ0v) is 27.4. The molecule has 0 N–H and O–H groups in total. The second-order valence-corrected chi connectivity index (χ2v) is 14.3. The second kappa shape index (κ2) is 13.2. The van der Waals surface area contributed by atoms with Gasteiger partial charge in [0.05, 0.1) is 0 Å². The van der Waals surface area contributed by atoms with Crippen LogP contribution in [0.15, 0.2) is 159 Å². The molecule has 0 saturated heterocycles. The summed E-state index contributed by atoms with van der Waals surface area (Å²) in [6.07, 6.45) is 5.71. The summed E-state index contributed by atoms with van der Waals surface area (Å²) in [5, 5.41) is 0. The lowest BCUT2D eigenvalue weighted by atomic mass is 10.1. The molecule has 0 unspecified atom stereocenters. The number of allylic oxidation sites excluding steroid dienone is 2. The minimum absolute atomic E-state index is 0.907. The fourth-order valence-electron chi connectivity index (χ4n) is 5.49. The summed E-state index contributed by atoms with van der Waals surface area (Å²) in [6, 6.07) is 49.0. The molecule has 0 aliphatic rings. The molecule has 4 aromatic carbocycles. The molecular formula is C42H32S3. The average molecular weight is 633 g/mol. The minimum Gasteiger partial charge on any atom is -0.135 e. The summed E-state index contributed by atoms with van der Waals surface area (Å²) in [5.41, 5.74) is 10.1. The highest BCUT2D eigenvalue weighted by molar-refractivity contribution is 7.19. The zero-order valence-electron chi connectivity index (χ0n) is 24.9. The van der Waals surface area contributed by atoms with Crippen LogP contribution in [0.25, 0.3) is 62.6 Å². The molecule has 3 aromatic heterocycles. The van der Waals surface area contributed by atoms with Crippen LogP contribution in [-0.4, -0.2) is 0 Å². The number of rotatable bonds is 10. The van der Waals surface area contributed by atoms with Crippen molar-refractivity contribution >= 4 is 34.0 Å². The highest BCUT2D eigenvalue weighted by atomic mass is 32.1. The smallest absolute Gasteiger partial charge is 0.0349 e. The lowest BCUT2D eigenvalue weighted by molar-refractivity contribution is 1.28. The van der Waals surface area contributed by atoms with Gasteiger partial charge in [0.25, 0.3) is 0 Å². The Bertz CT molecular complexity index is 1900. The third kappa shape index (κ3) is 6.48. The van der Waals surface area contributed by atoms with E-state index in [1.807, 2.05) is 46.2 Å². The maximum Gasteiger partial charge on any atom is 0.0349 e. The number of thiophene rings is 3. The first-order chi connectivity index (χ1) is 22.2. The van der Waals surface area contributed by atoms with Crippen LogP contribution in [-0.2, 0) is 12.8 Å². The van der Waals surface area contributed by atoms with Crippen molar-refractivity contribution in [1.29, 1.82) is 0 Å². The predicted molar refractivity (Wildman–Crippen MR) is 200 cm³/mol. The molecule has 7 aromatic rings. The standard InChI is InChI=1S/C42H32S3/c1-3-5-29-7-11-31(12-8-29)37-23-25-39(43-37)33-15-19-35(20-16-33)41-27-28-42(45-41)36-21-17-34(18-22-36)40-26-24-38(44-40)32-13-9-30(6-4-2)10-14-32/h3-4,7-28H,1-2,5-6H2. The Labute approximate surface area is 278 Å². The average Bonchev–Trinajstić information content (AvgIpc) is 3.88. The molecule has 0 amide bonds. The van der Waals surface area contributed by atoms with Crippen LogP contribution in [0.2, 0.25) is 0 Å². The van der Waals surface area contributed by atoms with E-state index in [-0.39, 0.29) is 0 Å². The van der Waals surface area contributed by atoms with Gasteiger partial charge in [0.15, 0.2) is 0 Å². The van der Waals surface area contributed by atoms with Crippen molar-refractivity contribution in [2.75, 3.05) is 0 Å². The van der Waals surface area contributed by atoms with E-state index in [9.17, 15) is 0 Å². The Morgan fingerprint density at radius 2 is 0.511 bits per heavy atom. The van der Waals surface area contributed by atoms with Gasteiger partial charge in [0.1, 0.15) is 0 Å². The first kappa shape index (κ1) is 29.2. The summed E-state index contributed by atoms with van der Waals surface area (Å²) >= 11 is 5.53. The Morgan fingerprint density at radius 3 is 0.711 bits per heavy atom. The summed E-state index contributed by atoms with van der Waals surface area (Å²) in [4.78, 5) is 7.74. The van der Waals surface area contributed by atoms with Gasteiger partial charge < -0.3 is 0 Å². The Morgan fingerprint density at radius 1 is 0.311 bits per heavy atom. The molecule has 0 radical (unpaired) electrons. The molecule has 0 fully saturated rings. The van der Waals surface area contributed by atoms with Gasteiger partial charge in [0.2, 0.25) is 0 Å². The van der Waals surface area contributed by atoms with E-state index >= 15 is 0 Å². The van der Waals surface area contributed by atoms with Gasteiger partial charge in [-0.2, -0.15) is 0 Å². The maximum absolute atomic E-state index is 3.84. The van der Waals surface area contributed by atoms with Crippen molar-refractivity contribution in [2.45, 2.75) is 12.8 Å². The molecule has 0 nitrogen and oxygen atoms in total. The number of benzene rings is 4. The largest absolute Gasteiger partial charge is 0.135 e. The van der Waals surface area contributed by atoms with Crippen molar-refractivity contribution in [3.8, 4) is 62.6 Å². The monoisotopic (exact) mass is 632 g/mol. The van der Waals surface area contributed by atoms with Crippen molar-refractivity contribution in [3.63, 3.8) is 0 Å². The molecule has 0 atom stereocenters. The van der Waals surface area contributed by atoms with E-state index in [4.69, 9.17) is 0 Å². The molecule has 218 valence electrons. The Hall–Kier alpha value is -4.54. The van der Waals surface area contributed by atoms with Crippen LogP contribution < -0.4 is 0 Å². The van der Waals surface area contributed by atoms with Crippen molar-refractivity contribution in [3.05, 3.63) is 170 Å². The molecular weight excluding hydrogens is 601 g/mol. The number of hydrogen-bond acceptors (Lipinski definition) is 3. The Kier molecular flexibility index (Phi) is 8.57. The SMILES string of the molecule is C=CCc1ccc(-c2ccc(-c3ccc(-c4ccc(-c5ccc(-c6ccc(-c7ccc(CC=C)cc7)s6)cc5)s4)cc3)s2)cc1. The van der Waals surface area contributed by atoms with Crippen LogP contribution in [0.3, 0.4) is 0 Å². The van der Waals surface area contributed by atoms with E-state index in [1.54, 1.807) is 0 Å². The lowest BCUT2D eigenvalue weighted by Gasteiger charge is -2.03. The van der Waals surface area contributed by atoms with Gasteiger partial charge in [-0.15, -0.1) is 47.2 Å². The maximum atomic E-state index is 3.84. The van der Waals surface area contributed by atoms with Crippen LogP contribution in [0.1, 0.15) is 11.1 Å². The lowest BCUT2D eigenvalue weighted by Crippen LogP contribution is -1.79. The Balaban J connectivity index is 1.02. The van der Waals surface area contributed by atoms with E-state index in [0.29, 0.717) is 0 Å². The van der Waals surface area contributed by atoms with Crippen molar-refractivity contribution in [1.82, 2.24) is 0 Å². The van der Waals surface area contributed by atoms with Crippen LogP contribution >= 0.6 is 34.0 Å². The predicted octanol–water partition coefficient (Wildman–Crippen LogP) is 13.3. The summed E-state index contributed by atoms with van der Waals surface area (Å²) < 4.78 is 0. The molecule has 0 spiro atoms. The van der Waals surface area contributed by atoms with E-state index < -0.39 is 0 Å². The third-order valence-electron chi connectivity index (χ3n) is 7.96. The van der Waals surface area contributed by atoms with Gasteiger partial charge >= 0.3 is 0 Å². The first-order valence-corrected chi connectivity index (χ1v) is 17.5. The summed E-state index contributed by atoms with van der Waals surface area (Å²) in [5.74, 6) is 0.